The molecule has 0 N–H and O–H groups in total. The largest absolute Gasteiger partial charge is 2.00 e. The van der Waals surface area contributed by atoms with Gasteiger partial charge in [0.25, 0.3) is 0 Å². The molecule has 0 saturated carbocycles. The molecule has 0 atom stereocenters. The van der Waals surface area contributed by atoms with E-state index in [1.807, 2.05) is 12.1 Å². The van der Waals surface area contributed by atoms with Gasteiger partial charge in [-0.1, -0.05) is 32.0 Å². The number of nitrogens with zero attached hydrogens (tertiary/aromatic N) is 1. The van der Waals surface area contributed by atoms with Crippen molar-refractivity contribution in [2.24, 2.45) is 0 Å². The first-order chi connectivity index (χ1) is 8.66. The van der Waals surface area contributed by atoms with Gasteiger partial charge in [-0.25, -0.2) is 0 Å². The van der Waals surface area contributed by atoms with Gasteiger partial charge in [0.2, 0.25) is 0 Å². The summed E-state index contributed by atoms with van der Waals surface area (Å²) in [6.45, 7) is 5.34. The normalized spacial score (nSPS) is 9.60. The van der Waals surface area contributed by atoms with Gasteiger partial charge in [-0.3, -0.25) is 0 Å². The second-order valence-corrected chi connectivity index (χ2v) is 4.99. The van der Waals surface area contributed by atoms with Gasteiger partial charge in [0.05, 0.1) is 0 Å². The van der Waals surface area contributed by atoms with Crippen molar-refractivity contribution >= 4 is 28.7 Å². The molecule has 0 aliphatic rings. The smallest absolute Gasteiger partial charge is 1.00 e. The average molecular weight is 343 g/mol. The van der Waals surface area contributed by atoms with Crippen LogP contribution in [0, 0.1) is 6.07 Å². The quantitative estimate of drug-likeness (QED) is 0.589. The van der Waals surface area contributed by atoms with E-state index in [-0.39, 0.29) is 40.0 Å². The standard InChI is InChI=1S/C17H20N.BrH.Mg/c1-14(2)16-9-7-8-15(12-16)13-18(3)17-10-5-4-6-11-17;;/h4-7,9-12,14H,13H2,1-3H3;1H;/q-1;;+2/p-1. The molecule has 0 spiro atoms. The summed E-state index contributed by atoms with van der Waals surface area (Å²) in [6, 6.07) is 20.2. The van der Waals surface area contributed by atoms with Gasteiger partial charge in [-0.15, -0.1) is 5.56 Å². The van der Waals surface area contributed by atoms with Crippen LogP contribution in [0.25, 0.3) is 0 Å². The predicted octanol–water partition coefficient (Wildman–Crippen LogP) is 0.870. The molecule has 2 aromatic rings. The van der Waals surface area contributed by atoms with E-state index in [1.54, 1.807) is 0 Å². The van der Waals surface area contributed by atoms with Crippen LogP contribution in [0.1, 0.15) is 30.9 Å². The van der Waals surface area contributed by atoms with E-state index in [1.165, 1.54) is 16.8 Å². The first-order valence-corrected chi connectivity index (χ1v) is 6.43. The summed E-state index contributed by atoms with van der Waals surface area (Å²) in [5.41, 5.74) is 3.86. The molecular formula is C17H20BrMgN. The zero-order chi connectivity index (χ0) is 13.0. The summed E-state index contributed by atoms with van der Waals surface area (Å²) in [7, 11) is 2.12. The minimum Gasteiger partial charge on any atom is -1.00 e. The molecule has 0 aliphatic heterocycles. The summed E-state index contributed by atoms with van der Waals surface area (Å²) in [6.07, 6.45) is 0. The second kappa shape index (κ2) is 9.43. The van der Waals surface area contributed by atoms with Crippen molar-refractivity contribution in [3.05, 3.63) is 65.7 Å². The third-order valence-corrected chi connectivity index (χ3v) is 3.16. The Morgan fingerprint density at radius 1 is 1.10 bits per heavy atom. The molecule has 0 unspecified atom stereocenters. The van der Waals surface area contributed by atoms with Crippen LogP contribution in [0.2, 0.25) is 0 Å². The maximum atomic E-state index is 3.32. The van der Waals surface area contributed by atoms with Gasteiger partial charge < -0.3 is 21.9 Å². The summed E-state index contributed by atoms with van der Waals surface area (Å²) in [4.78, 5) is 2.25. The number of para-hydroxylation sites is 1. The molecule has 0 fully saturated rings. The zero-order valence-electron chi connectivity index (χ0n) is 12.4. The molecule has 2 rings (SSSR count). The summed E-state index contributed by atoms with van der Waals surface area (Å²) >= 11 is 0. The number of rotatable bonds is 4. The van der Waals surface area contributed by atoms with Crippen molar-refractivity contribution in [1.82, 2.24) is 0 Å². The van der Waals surface area contributed by atoms with Gasteiger partial charge in [-0.2, -0.15) is 29.8 Å². The summed E-state index contributed by atoms with van der Waals surface area (Å²) in [5, 5.41) is 0. The van der Waals surface area contributed by atoms with Crippen LogP contribution in [-0.4, -0.2) is 30.1 Å². The maximum absolute atomic E-state index is 3.32. The first kappa shape index (κ1) is 19.5. The Morgan fingerprint density at radius 2 is 1.75 bits per heavy atom. The van der Waals surface area contributed by atoms with E-state index in [0.717, 1.165) is 6.54 Å². The van der Waals surface area contributed by atoms with Crippen LogP contribution in [0.3, 0.4) is 0 Å². The van der Waals surface area contributed by atoms with Gasteiger partial charge in [0.1, 0.15) is 0 Å². The molecule has 3 heteroatoms. The van der Waals surface area contributed by atoms with Crippen LogP contribution in [0.4, 0.5) is 5.69 Å². The van der Waals surface area contributed by atoms with E-state index in [0.29, 0.717) is 5.92 Å². The molecule has 0 radical (unpaired) electrons. The van der Waals surface area contributed by atoms with Crippen LogP contribution in [-0.2, 0) is 6.54 Å². The molecule has 0 bridgehead atoms. The van der Waals surface area contributed by atoms with Crippen molar-refractivity contribution in [3.8, 4) is 0 Å². The Morgan fingerprint density at radius 3 is 2.35 bits per heavy atom. The van der Waals surface area contributed by atoms with Gasteiger partial charge >= 0.3 is 23.1 Å². The van der Waals surface area contributed by atoms with E-state index in [4.69, 9.17) is 0 Å². The zero-order valence-corrected chi connectivity index (χ0v) is 15.4. The third kappa shape index (κ3) is 5.47. The van der Waals surface area contributed by atoms with E-state index in [9.17, 15) is 0 Å². The minimum absolute atomic E-state index is 0. The maximum Gasteiger partial charge on any atom is 2.00 e. The second-order valence-electron chi connectivity index (χ2n) is 4.99. The minimum atomic E-state index is 0. The molecule has 0 amide bonds. The van der Waals surface area contributed by atoms with E-state index >= 15 is 0 Å². The summed E-state index contributed by atoms with van der Waals surface area (Å²) < 4.78 is 0. The molecule has 0 aliphatic carbocycles. The molecule has 1 nitrogen and oxygen atoms in total. The Balaban J connectivity index is 0.00000180. The van der Waals surface area contributed by atoms with Crippen LogP contribution < -0.4 is 21.9 Å². The topological polar surface area (TPSA) is 3.24 Å². The molecule has 20 heavy (non-hydrogen) atoms. The summed E-state index contributed by atoms with van der Waals surface area (Å²) in [5.74, 6) is 0.570. The fourth-order valence-electron chi connectivity index (χ4n) is 2.02. The van der Waals surface area contributed by atoms with Crippen molar-refractivity contribution in [2.45, 2.75) is 26.3 Å². The number of hydrogen-bond donors (Lipinski definition) is 0. The van der Waals surface area contributed by atoms with Gasteiger partial charge in [0, 0.05) is 19.3 Å². The first-order valence-electron chi connectivity index (χ1n) is 6.43. The Bertz CT molecular complexity index is 499. The fourth-order valence-corrected chi connectivity index (χ4v) is 2.02. The number of anilines is 1. The van der Waals surface area contributed by atoms with Crippen molar-refractivity contribution < 1.29 is 17.0 Å². The SMILES string of the molecule is CC(C)c1cc[c-]c(CN(C)c2ccccc2)c1.[Br-].[Mg+2]. The molecular weight excluding hydrogens is 322 g/mol. The van der Waals surface area contributed by atoms with E-state index < -0.39 is 0 Å². The molecule has 102 valence electrons. The van der Waals surface area contributed by atoms with Crippen LogP contribution in [0.5, 0.6) is 0 Å². The molecule has 2 aromatic carbocycles. The number of halogens is 1. The van der Waals surface area contributed by atoms with Crippen LogP contribution >= 0.6 is 0 Å². The molecule has 0 heterocycles. The predicted molar refractivity (Wildman–Crippen MR) is 83.7 cm³/mol. The molecule has 0 aromatic heterocycles. The monoisotopic (exact) mass is 341 g/mol. The number of hydrogen-bond acceptors (Lipinski definition) is 1. The average Bonchev–Trinajstić information content (AvgIpc) is 2.40. The Hall–Kier alpha value is -0.514. The fraction of sp³-hybridized carbons (Fsp3) is 0.294. The Kier molecular flexibility index (Phi) is 9.19. The van der Waals surface area contributed by atoms with Crippen molar-refractivity contribution in [2.75, 3.05) is 11.9 Å². The van der Waals surface area contributed by atoms with Crippen molar-refractivity contribution in [1.29, 1.82) is 0 Å². The van der Waals surface area contributed by atoms with E-state index in [2.05, 4.69) is 68.3 Å². The molecule has 0 saturated heterocycles. The van der Waals surface area contributed by atoms with Gasteiger partial charge in [0.15, 0.2) is 0 Å². The van der Waals surface area contributed by atoms with Crippen LogP contribution in [0.15, 0.2) is 48.5 Å². The van der Waals surface area contributed by atoms with Gasteiger partial charge in [-0.05, 0) is 18.1 Å². The van der Waals surface area contributed by atoms with Crippen molar-refractivity contribution in [3.63, 3.8) is 0 Å². The Labute approximate surface area is 149 Å². The number of benzene rings is 2. The third-order valence-electron chi connectivity index (χ3n) is 3.16.